The van der Waals surface area contributed by atoms with Crippen molar-refractivity contribution in [1.29, 1.82) is 0 Å². The van der Waals surface area contributed by atoms with Crippen LogP contribution in [0.15, 0.2) is 27.6 Å². The Morgan fingerprint density at radius 1 is 1.41 bits per heavy atom. The van der Waals surface area contributed by atoms with Crippen molar-refractivity contribution < 1.29 is 9.32 Å². The molecule has 0 atom stereocenters. The van der Waals surface area contributed by atoms with Gasteiger partial charge in [0.15, 0.2) is 5.82 Å². The summed E-state index contributed by atoms with van der Waals surface area (Å²) in [5, 5.41) is 4.38. The van der Waals surface area contributed by atoms with Gasteiger partial charge in [0.25, 0.3) is 5.91 Å². The molecule has 0 bridgehead atoms. The molecule has 118 valence electrons. The highest BCUT2D eigenvalue weighted by Crippen LogP contribution is 2.26. The summed E-state index contributed by atoms with van der Waals surface area (Å²) in [4.78, 5) is 19.3. The zero-order chi connectivity index (χ0) is 16.1. The van der Waals surface area contributed by atoms with Gasteiger partial charge in [-0.15, -0.1) is 11.8 Å². The maximum atomic E-state index is 12.6. The van der Waals surface area contributed by atoms with E-state index in [1.54, 1.807) is 35.8 Å². The predicted molar refractivity (Wildman–Crippen MR) is 87.3 cm³/mol. The molecule has 5 nitrogen and oxygen atoms in total. The summed E-state index contributed by atoms with van der Waals surface area (Å²) in [5.74, 6) is 1.84. The van der Waals surface area contributed by atoms with E-state index in [0.717, 1.165) is 10.6 Å². The number of benzene rings is 1. The first-order valence-corrected chi connectivity index (χ1v) is 8.40. The van der Waals surface area contributed by atoms with Crippen molar-refractivity contribution >= 4 is 29.3 Å². The monoisotopic (exact) mass is 339 g/mol. The fourth-order valence-electron chi connectivity index (χ4n) is 1.93. The quantitative estimate of drug-likeness (QED) is 0.751. The fraction of sp³-hybridized carbons (Fsp3) is 0.400. The molecule has 0 N–H and O–H groups in total. The van der Waals surface area contributed by atoms with Gasteiger partial charge in [0.2, 0.25) is 5.89 Å². The van der Waals surface area contributed by atoms with Gasteiger partial charge in [0.1, 0.15) is 0 Å². The lowest BCUT2D eigenvalue weighted by Gasteiger charge is -2.17. The number of hydrogen-bond acceptors (Lipinski definition) is 5. The van der Waals surface area contributed by atoms with E-state index in [2.05, 4.69) is 10.1 Å². The molecule has 0 aliphatic heterocycles. The first-order valence-electron chi connectivity index (χ1n) is 7.04. The number of carbonyl (C=O) groups excluding carboxylic acids is 1. The highest BCUT2D eigenvalue weighted by Gasteiger charge is 2.19. The smallest absolute Gasteiger partial charge is 0.255 e. The highest BCUT2D eigenvalue weighted by atomic mass is 35.5. The lowest BCUT2D eigenvalue weighted by molar-refractivity contribution is 0.0766. The molecule has 2 aromatic rings. The van der Waals surface area contributed by atoms with Gasteiger partial charge in [-0.25, -0.2) is 0 Å². The molecule has 1 heterocycles. The average Bonchev–Trinajstić information content (AvgIpc) is 2.96. The Labute approximate surface area is 139 Å². The van der Waals surface area contributed by atoms with Crippen LogP contribution < -0.4 is 0 Å². The lowest BCUT2D eigenvalue weighted by atomic mass is 10.2. The summed E-state index contributed by atoms with van der Waals surface area (Å²) >= 11 is 7.64. The number of rotatable bonds is 6. The fourth-order valence-corrected chi connectivity index (χ4v) is 2.88. The number of amides is 1. The van der Waals surface area contributed by atoms with Crippen LogP contribution in [0.5, 0.6) is 0 Å². The molecule has 0 fully saturated rings. The number of nitrogens with zero attached hydrogens (tertiary/aromatic N) is 3. The second kappa shape index (κ2) is 7.65. The SMILES string of the molecule is CCSc1ccc(Cl)cc1C(=O)N(C)Cc1nc(CC)no1. The molecule has 7 heteroatoms. The molecule has 0 radical (unpaired) electrons. The van der Waals surface area contributed by atoms with Crippen molar-refractivity contribution in [2.24, 2.45) is 0 Å². The Bertz CT molecular complexity index is 660. The number of carbonyl (C=O) groups is 1. The number of aryl methyl sites for hydroxylation is 1. The number of hydrogen-bond donors (Lipinski definition) is 0. The largest absolute Gasteiger partial charge is 0.337 e. The number of thioether (sulfide) groups is 1. The van der Waals surface area contributed by atoms with Crippen LogP contribution in [0.25, 0.3) is 0 Å². The molecular weight excluding hydrogens is 322 g/mol. The Morgan fingerprint density at radius 3 is 2.82 bits per heavy atom. The molecule has 1 aromatic carbocycles. The van der Waals surface area contributed by atoms with Crippen LogP contribution >= 0.6 is 23.4 Å². The molecule has 0 aliphatic carbocycles. The van der Waals surface area contributed by atoms with E-state index in [9.17, 15) is 4.79 Å². The first kappa shape index (κ1) is 16.8. The minimum absolute atomic E-state index is 0.116. The Kier molecular flexibility index (Phi) is 5.85. The summed E-state index contributed by atoms with van der Waals surface area (Å²) in [6.45, 7) is 4.26. The lowest BCUT2D eigenvalue weighted by Crippen LogP contribution is -2.27. The molecule has 0 saturated heterocycles. The molecule has 0 saturated carbocycles. The first-order chi connectivity index (χ1) is 10.5. The molecule has 1 amide bonds. The van der Waals surface area contributed by atoms with Crippen LogP contribution in [-0.2, 0) is 13.0 Å². The van der Waals surface area contributed by atoms with E-state index < -0.39 is 0 Å². The molecular formula is C15H18ClN3O2S. The third-order valence-corrected chi connectivity index (χ3v) is 4.21. The topological polar surface area (TPSA) is 59.2 Å². The Morgan fingerprint density at radius 2 is 2.18 bits per heavy atom. The second-order valence-electron chi connectivity index (χ2n) is 4.69. The highest BCUT2D eigenvalue weighted by molar-refractivity contribution is 7.99. The molecule has 22 heavy (non-hydrogen) atoms. The van der Waals surface area contributed by atoms with Crippen molar-refractivity contribution in [3.05, 3.63) is 40.5 Å². The van der Waals surface area contributed by atoms with Gasteiger partial charge in [0, 0.05) is 23.4 Å². The van der Waals surface area contributed by atoms with Gasteiger partial charge in [-0.05, 0) is 24.0 Å². The van der Waals surface area contributed by atoms with Crippen molar-refractivity contribution in [2.45, 2.75) is 31.7 Å². The minimum Gasteiger partial charge on any atom is -0.337 e. The Hall–Kier alpha value is -1.53. The van der Waals surface area contributed by atoms with Crippen LogP contribution in [0.4, 0.5) is 0 Å². The van der Waals surface area contributed by atoms with E-state index in [0.29, 0.717) is 28.7 Å². The number of halogens is 1. The predicted octanol–water partition coefficient (Wildman–Crippen LogP) is 3.67. The standard InChI is InChI=1S/C15H18ClN3O2S/c1-4-13-17-14(21-18-13)9-19(3)15(20)11-8-10(16)6-7-12(11)22-5-2/h6-8H,4-5,9H2,1-3H3. The van der Waals surface area contributed by atoms with Crippen molar-refractivity contribution in [3.63, 3.8) is 0 Å². The molecule has 1 aromatic heterocycles. The van der Waals surface area contributed by atoms with E-state index in [1.807, 2.05) is 19.9 Å². The molecule has 2 rings (SSSR count). The third kappa shape index (κ3) is 4.01. The van der Waals surface area contributed by atoms with Gasteiger partial charge in [-0.2, -0.15) is 4.98 Å². The minimum atomic E-state index is -0.116. The van der Waals surface area contributed by atoms with Crippen molar-refractivity contribution in [2.75, 3.05) is 12.8 Å². The van der Waals surface area contributed by atoms with Gasteiger partial charge in [-0.3, -0.25) is 4.79 Å². The van der Waals surface area contributed by atoms with E-state index in [-0.39, 0.29) is 12.5 Å². The zero-order valence-corrected chi connectivity index (χ0v) is 14.4. The van der Waals surface area contributed by atoms with Gasteiger partial charge in [0.05, 0.1) is 12.1 Å². The van der Waals surface area contributed by atoms with Gasteiger partial charge >= 0.3 is 0 Å². The summed E-state index contributed by atoms with van der Waals surface area (Å²) in [7, 11) is 1.71. The van der Waals surface area contributed by atoms with Crippen molar-refractivity contribution in [1.82, 2.24) is 15.0 Å². The third-order valence-electron chi connectivity index (χ3n) is 3.02. The van der Waals surface area contributed by atoms with E-state index in [1.165, 1.54) is 0 Å². The molecule has 0 unspecified atom stereocenters. The van der Waals surface area contributed by atoms with Crippen LogP contribution in [-0.4, -0.2) is 33.7 Å². The van der Waals surface area contributed by atoms with Gasteiger partial charge < -0.3 is 9.42 Å². The van der Waals surface area contributed by atoms with Crippen LogP contribution in [0.1, 0.15) is 35.9 Å². The second-order valence-corrected chi connectivity index (χ2v) is 6.43. The van der Waals surface area contributed by atoms with E-state index >= 15 is 0 Å². The summed E-state index contributed by atoms with van der Waals surface area (Å²) in [6, 6.07) is 5.37. The molecule has 0 spiro atoms. The Balaban J connectivity index is 2.17. The average molecular weight is 340 g/mol. The van der Waals surface area contributed by atoms with E-state index in [4.69, 9.17) is 16.1 Å². The van der Waals surface area contributed by atoms with Crippen molar-refractivity contribution in [3.8, 4) is 0 Å². The summed E-state index contributed by atoms with van der Waals surface area (Å²) in [5.41, 5.74) is 0.595. The van der Waals surface area contributed by atoms with Crippen LogP contribution in [0.3, 0.4) is 0 Å². The van der Waals surface area contributed by atoms with Crippen LogP contribution in [0, 0.1) is 0 Å². The van der Waals surface area contributed by atoms with Gasteiger partial charge in [-0.1, -0.05) is 30.6 Å². The summed E-state index contributed by atoms with van der Waals surface area (Å²) < 4.78 is 5.13. The number of aromatic nitrogens is 2. The normalized spacial score (nSPS) is 10.7. The summed E-state index contributed by atoms with van der Waals surface area (Å²) in [6.07, 6.45) is 0.701. The molecule has 0 aliphatic rings. The maximum absolute atomic E-state index is 12.6. The zero-order valence-electron chi connectivity index (χ0n) is 12.8. The van der Waals surface area contributed by atoms with Crippen LogP contribution in [0.2, 0.25) is 5.02 Å². The maximum Gasteiger partial charge on any atom is 0.255 e.